The molecule has 0 spiro atoms. The highest BCUT2D eigenvalue weighted by molar-refractivity contribution is 6.01. The van der Waals surface area contributed by atoms with Gasteiger partial charge in [0.05, 0.1) is 16.2 Å². The van der Waals surface area contributed by atoms with E-state index in [1.807, 2.05) is 0 Å². The first-order valence-corrected chi connectivity index (χ1v) is 6.22. The van der Waals surface area contributed by atoms with Crippen molar-refractivity contribution in [3.8, 4) is 0 Å². The van der Waals surface area contributed by atoms with E-state index in [1.165, 1.54) is 0 Å². The Balaban J connectivity index is 2.27. The van der Waals surface area contributed by atoms with Crippen molar-refractivity contribution in [1.82, 2.24) is 0 Å². The van der Waals surface area contributed by atoms with Crippen molar-refractivity contribution < 1.29 is 19.6 Å². The highest BCUT2D eigenvalue weighted by atomic mass is 16.6. The molecular weight excluding hydrogens is 264 g/mol. The van der Waals surface area contributed by atoms with Crippen molar-refractivity contribution in [2.45, 2.75) is 19.8 Å². The van der Waals surface area contributed by atoms with Crippen LogP contribution in [0.4, 0.5) is 11.4 Å². The van der Waals surface area contributed by atoms with Gasteiger partial charge in [0.25, 0.3) is 5.69 Å². The second-order valence-electron chi connectivity index (χ2n) is 4.91. The van der Waals surface area contributed by atoms with Gasteiger partial charge in [0.15, 0.2) is 0 Å². The fourth-order valence-corrected chi connectivity index (χ4v) is 1.99. The zero-order valence-corrected chi connectivity index (χ0v) is 10.8. The molecule has 0 bridgehead atoms. The second kappa shape index (κ2) is 5.28. The number of nitro benzene ring substituents is 1. The smallest absolute Gasteiger partial charge is 0.337 e. The lowest BCUT2D eigenvalue weighted by Crippen LogP contribution is -2.23. The van der Waals surface area contributed by atoms with E-state index in [4.69, 9.17) is 5.11 Å². The number of benzene rings is 1. The molecule has 1 atom stereocenters. The number of anilines is 1. The molecule has 1 unspecified atom stereocenters. The van der Waals surface area contributed by atoms with E-state index in [9.17, 15) is 19.7 Å². The van der Waals surface area contributed by atoms with Crippen molar-refractivity contribution in [1.29, 1.82) is 0 Å². The van der Waals surface area contributed by atoms with E-state index in [0.29, 0.717) is 5.92 Å². The fraction of sp³-hybridized carbons (Fsp3) is 0.385. The van der Waals surface area contributed by atoms with Crippen LogP contribution in [0.2, 0.25) is 0 Å². The number of amides is 1. The molecule has 106 valence electrons. The van der Waals surface area contributed by atoms with E-state index < -0.39 is 10.9 Å². The number of carboxylic acid groups (broad SMARTS) is 1. The van der Waals surface area contributed by atoms with Crippen LogP contribution in [0.15, 0.2) is 18.2 Å². The normalized spacial score (nSPS) is 15.4. The third-order valence-corrected chi connectivity index (χ3v) is 3.44. The van der Waals surface area contributed by atoms with Crippen molar-refractivity contribution in [3.63, 3.8) is 0 Å². The third-order valence-electron chi connectivity index (χ3n) is 3.44. The molecule has 0 saturated heterocycles. The highest BCUT2D eigenvalue weighted by Gasteiger charge is 2.33. The van der Waals surface area contributed by atoms with E-state index in [1.54, 1.807) is 6.92 Å². The Kier molecular flexibility index (Phi) is 3.69. The van der Waals surface area contributed by atoms with Crippen LogP contribution < -0.4 is 5.32 Å². The summed E-state index contributed by atoms with van der Waals surface area (Å²) in [5, 5.41) is 22.2. The fourth-order valence-electron chi connectivity index (χ4n) is 1.99. The van der Waals surface area contributed by atoms with Crippen LogP contribution in [-0.4, -0.2) is 21.9 Å². The van der Waals surface area contributed by atoms with Gasteiger partial charge < -0.3 is 10.4 Å². The van der Waals surface area contributed by atoms with Gasteiger partial charge >= 0.3 is 5.97 Å². The van der Waals surface area contributed by atoms with E-state index >= 15 is 0 Å². The summed E-state index contributed by atoms with van der Waals surface area (Å²) < 4.78 is 0. The number of carboxylic acids is 1. The minimum atomic E-state index is -1.24. The number of nitrogens with one attached hydrogen (secondary N) is 1. The lowest BCUT2D eigenvalue weighted by atomic mass is 10.0. The quantitative estimate of drug-likeness (QED) is 0.634. The van der Waals surface area contributed by atoms with Crippen molar-refractivity contribution in [2.75, 3.05) is 5.32 Å². The molecule has 1 aromatic carbocycles. The molecule has 2 rings (SSSR count). The van der Waals surface area contributed by atoms with Crippen LogP contribution in [0.5, 0.6) is 0 Å². The van der Waals surface area contributed by atoms with Crippen LogP contribution in [0, 0.1) is 22.0 Å². The van der Waals surface area contributed by atoms with Crippen molar-refractivity contribution in [2.24, 2.45) is 11.8 Å². The lowest BCUT2D eigenvalue weighted by molar-refractivity contribution is -0.384. The molecule has 1 fully saturated rings. The summed E-state index contributed by atoms with van der Waals surface area (Å²) in [6.07, 6.45) is 1.96. The molecule has 1 aliphatic carbocycles. The van der Waals surface area contributed by atoms with Gasteiger partial charge in [-0.25, -0.2) is 4.79 Å². The van der Waals surface area contributed by atoms with E-state index in [0.717, 1.165) is 31.0 Å². The largest absolute Gasteiger partial charge is 0.478 e. The van der Waals surface area contributed by atoms with Crippen molar-refractivity contribution >= 4 is 23.3 Å². The summed E-state index contributed by atoms with van der Waals surface area (Å²) in [5.74, 6) is -1.46. The summed E-state index contributed by atoms with van der Waals surface area (Å²) in [7, 11) is 0. The summed E-state index contributed by atoms with van der Waals surface area (Å²) in [5.41, 5.74) is -0.458. The Morgan fingerprint density at radius 1 is 1.45 bits per heavy atom. The van der Waals surface area contributed by atoms with Crippen LogP contribution in [0.25, 0.3) is 0 Å². The van der Waals surface area contributed by atoms with Gasteiger partial charge in [-0.3, -0.25) is 14.9 Å². The minimum Gasteiger partial charge on any atom is -0.478 e. The van der Waals surface area contributed by atoms with Crippen LogP contribution >= 0.6 is 0 Å². The second-order valence-corrected chi connectivity index (χ2v) is 4.91. The van der Waals surface area contributed by atoms with E-state index in [2.05, 4.69) is 5.32 Å². The van der Waals surface area contributed by atoms with Crippen LogP contribution in [0.1, 0.15) is 30.1 Å². The molecule has 7 heteroatoms. The molecule has 0 radical (unpaired) electrons. The number of aromatic carboxylic acids is 1. The molecule has 1 saturated carbocycles. The predicted octanol–water partition coefficient (Wildman–Crippen LogP) is 2.28. The minimum absolute atomic E-state index is 0.0378. The summed E-state index contributed by atoms with van der Waals surface area (Å²) in [6.45, 7) is 1.77. The molecule has 7 nitrogen and oxygen atoms in total. The number of non-ortho nitro benzene ring substituents is 1. The third kappa shape index (κ3) is 2.93. The lowest BCUT2D eigenvalue weighted by Gasteiger charge is -2.12. The molecule has 1 aliphatic rings. The molecule has 0 aliphatic heterocycles. The van der Waals surface area contributed by atoms with Crippen molar-refractivity contribution in [3.05, 3.63) is 33.9 Å². The number of hydrogen-bond donors (Lipinski definition) is 2. The summed E-state index contributed by atoms with van der Waals surface area (Å²) in [6, 6.07) is 3.29. The monoisotopic (exact) mass is 278 g/mol. The number of nitro groups is 1. The molecule has 20 heavy (non-hydrogen) atoms. The predicted molar refractivity (Wildman–Crippen MR) is 70.6 cm³/mol. The maximum Gasteiger partial charge on any atom is 0.337 e. The Hall–Kier alpha value is -2.44. The van der Waals surface area contributed by atoms with E-state index in [-0.39, 0.29) is 28.8 Å². The average Bonchev–Trinajstić information content (AvgIpc) is 3.21. The number of rotatable bonds is 5. The zero-order chi connectivity index (χ0) is 14.9. The SMILES string of the molecule is CC(C(=O)Nc1cc([N+](=O)[O-])ccc1C(=O)O)C1CC1. The van der Waals surface area contributed by atoms with Gasteiger partial charge in [0.2, 0.25) is 5.91 Å². The molecule has 0 heterocycles. The van der Waals surface area contributed by atoms with Gasteiger partial charge in [-0.1, -0.05) is 6.92 Å². The molecule has 2 N–H and O–H groups in total. The zero-order valence-electron chi connectivity index (χ0n) is 10.8. The maximum atomic E-state index is 12.0. The first-order chi connectivity index (χ1) is 9.40. The summed E-state index contributed by atoms with van der Waals surface area (Å²) in [4.78, 5) is 33.1. The Morgan fingerprint density at radius 3 is 2.60 bits per heavy atom. The maximum absolute atomic E-state index is 12.0. The number of carbonyl (C=O) groups excluding carboxylic acids is 1. The van der Waals surface area contributed by atoms with Gasteiger partial charge in [0.1, 0.15) is 0 Å². The van der Waals surface area contributed by atoms with Gasteiger partial charge in [-0.05, 0) is 24.8 Å². The Bertz CT molecular complexity index is 580. The Labute approximate surface area is 114 Å². The van der Waals surface area contributed by atoms with Gasteiger partial charge in [-0.15, -0.1) is 0 Å². The topological polar surface area (TPSA) is 110 Å². The highest BCUT2D eigenvalue weighted by Crippen LogP contribution is 2.37. The first kappa shape index (κ1) is 14.0. The number of nitrogens with zero attached hydrogens (tertiary/aromatic N) is 1. The summed E-state index contributed by atoms with van der Waals surface area (Å²) >= 11 is 0. The van der Waals surface area contributed by atoms with Crippen LogP contribution in [0.3, 0.4) is 0 Å². The van der Waals surface area contributed by atoms with Gasteiger partial charge in [0, 0.05) is 18.1 Å². The number of carbonyl (C=O) groups is 2. The number of hydrogen-bond acceptors (Lipinski definition) is 4. The molecule has 1 amide bonds. The molecular formula is C13H14N2O5. The molecule has 1 aromatic rings. The molecule has 0 aromatic heterocycles. The van der Waals surface area contributed by atoms with Crippen LogP contribution in [-0.2, 0) is 4.79 Å². The Morgan fingerprint density at radius 2 is 2.10 bits per heavy atom. The van der Waals surface area contributed by atoms with Gasteiger partial charge in [-0.2, -0.15) is 0 Å². The standard InChI is InChI=1S/C13H14N2O5/c1-7(8-2-3-8)12(16)14-11-6-9(15(19)20)4-5-10(11)13(17)18/h4-8H,2-3H2,1H3,(H,14,16)(H,17,18). The first-order valence-electron chi connectivity index (χ1n) is 6.22. The average molecular weight is 278 g/mol.